The summed E-state index contributed by atoms with van der Waals surface area (Å²) >= 11 is 0. The highest BCUT2D eigenvalue weighted by molar-refractivity contribution is 5.84. The second kappa shape index (κ2) is 7.28. The number of halogens is 1. The highest BCUT2D eigenvalue weighted by Crippen LogP contribution is 2.22. The second-order valence-electron chi connectivity index (χ2n) is 5.97. The lowest BCUT2D eigenvalue weighted by Crippen LogP contribution is -2.50. The van der Waals surface area contributed by atoms with Gasteiger partial charge in [0.1, 0.15) is 11.4 Å². The molecule has 0 aliphatic heterocycles. The van der Waals surface area contributed by atoms with E-state index in [1.807, 2.05) is 0 Å². The molecule has 0 bridgehead atoms. The van der Waals surface area contributed by atoms with Gasteiger partial charge >= 0.3 is 12.1 Å². The molecule has 0 aliphatic rings. The second-order valence-corrected chi connectivity index (χ2v) is 5.97. The van der Waals surface area contributed by atoms with Gasteiger partial charge in [0.05, 0.1) is 11.8 Å². The number of amides is 1. The molecule has 0 aliphatic carbocycles. The lowest BCUT2D eigenvalue weighted by Gasteiger charge is -2.24. The Bertz CT molecular complexity index is 584. The molecule has 0 saturated carbocycles. The molecule has 1 aromatic carbocycles. The number of aliphatic hydroxyl groups is 1. The van der Waals surface area contributed by atoms with Gasteiger partial charge in [-0.2, -0.15) is 0 Å². The van der Waals surface area contributed by atoms with Crippen molar-refractivity contribution < 1.29 is 28.6 Å². The van der Waals surface area contributed by atoms with Crippen molar-refractivity contribution in [3.05, 3.63) is 24.0 Å². The maximum atomic E-state index is 13.2. The van der Waals surface area contributed by atoms with Crippen LogP contribution in [0, 0.1) is 5.82 Å². The number of ether oxygens (including phenoxy) is 2. The number of rotatable bonds is 4. The first-order valence-corrected chi connectivity index (χ1v) is 6.94. The van der Waals surface area contributed by atoms with Crippen LogP contribution in [-0.4, -0.2) is 34.9 Å². The van der Waals surface area contributed by atoms with Gasteiger partial charge in [0.2, 0.25) is 0 Å². The number of aliphatic hydroxyl groups excluding tert-OH is 1. The van der Waals surface area contributed by atoms with E-state index in [4.69, 9.17) is 15.2 Å². The SMILES string of the molecule is C[C@H](O)[C@@H](NC(=O)OC(C)(C)C)C(=O)Oc1cc(F)ccc1N. The minimum atomic E-state index is -1.40. The normalized spacial score (nSPS) is 13.8. The Morgan fingerprint density at radius 2 is 1.96 bits per heavy atom. The summed E-state index contributed by atoms with van der Waals surface area (Å²) in [6.45, 7) is 6.24. The molecule has 0 radical (unpaired) electrons. The van der Waals surface area contributed by atoms with E-state index in [9.17, 15) is 19.1 Å². The summed E-state index contributed by atoms with van der Waals surface area (Å²) in [4.78, 5) is 23.8. The quantitative estimate of drug-likeness (QED) is 0.440. The molecule has 0 fully saturated rings. The molecule has 0 aromatic heterocycles. The highest BCUT2D eigenvalue weighted by Gasteiger charge is 2.30. The van der Waals surface area contributed by atoms with E-state index in [1.54, 1.807) is 20.8 Å². The van der Waals surface area contributed by atoms with E-state index >= 15 is 0 Å². The number of nitrogens with two attached hydrogens (primary N) is 1. The number of esters is 1. The van der Waals surface area contributed by atoms with Crippen LogP contribution in [0.4, 0.5) is 14.9 Å². The van der Waals surface area contributed by atoms with Crippen molar-refractivity contribution in [3.63, 3.8) is 0 Å². The molecule has 0 unspecified atom stereocenters. The first-order valence-electron chi connectivity index (χ1n) is 6.94. The Labute approximate surface area is 133 Å². The maximum absolute atomic E-state index is 13.2. The molecule has 23 heavy (non-hydrogen) atoms. The predicted molar refractivity (Wildman–Crippen MR) is 81.3 cm³/mol. The van der Waals surface area contributed by atoms with Crippen molar-refractivity contribution in [2.45, 2.75) is 45.4 Å². The number of hydrogen-bond acceptors (Lipinski definition) is 6. The van der Waals surface area contributed by atoms with Crippen LogP contribution in [0.25, 0.3) is 0 Å². The van der Waals surface area contributed by atoms with Crippen LogP contribution < -0.4 is 15.8 Å². The number of alkyl carbamates (subject to hydrolysis) is 1. The monoisotopic (exact) mass is 328 g/mol. The number of carbonyl (C=O) groups is 2. The summed E-state index contributed by atoms with van der Waals surface area (Å²) < 4.78 is 23.1. The van der Waals surface area contributed by atoms with E-state index in [0.29, 0.717) is 0 Å². The Balaban J connectivity index is 2.83. The molecule has 0 spiro atoms. The van der Waals surface area contributed by atoms with Crippen LogP contribution in [0.2, 0.25) is 0 Å². The summed E-state index contributed by atoms with van der Waals surface area (Å²) in [5.41, 5.74) is 4.85. The van der Waals surface area contributed by atoms with Crippen LogP contribution in [0.15, 0.2) is 18.2 Å². The lowest BCUT2D eigenvalue weighted by atomic mass is 10.2. The third-order valence-corrected chi connectivity index (χ3v) is 2.59. The zero-order chi connectivity index (χ0) is 17.8. The van der Waals surface area contributed by atoms with Gasteiger partial charge in [0.15, 0.2) is 11.8 Å². The molecule has 2 atom stereocenters. The Morgan fingerprint density at radius 1 is 1.35 bits per heavy atom. The molecular weight excluding hydrogens is 307 g/mol. The number of carbonyl (C=O) groups excluding carboxylic acids is 2. The van der Waals surface area contributed by atoms with Crippen LogP contribution in [-0.2, 0) is 9.53 Å². The molecule has 0 heterocycles. The average molecular weight is 328 g/mol. The molecule has 1 rings (SSSR count). The molecule has 1 aromatic rings. The first kappa shape index (κ1) is 18.7. The number of anilines is 1. The predicted octanol–water partition coefficient (Wildman–Crippen LogP) is 1.59. The van der Waals surface area contributed by atoms with Crippen LogP contribution in [0.3, 0.4) is 0 Å². The summed E-state index contributed by atoms with van der Waals surface area (Å²) in [7, 11) is 0. The van der Waals surface area contributed by atoms with Crippen molar-refractivity contribution in [2.24, 2.45) is 0 Å². The van der Waals surface area contributed by atoms with Crippen molar-refractivity contribution >= 4 is 17.7 Å². The third kappa shape index (κ3) is 6.11. The Hall–Kier alpha value is -2.35. The topological polar surface area (TPSA) is 111 Å². The Kier molecular flexibility index (Phi) is 5.91. The molecule has 8 heteroatoms. The van der Waals surface area contributed by atoms with Gasteiger partial charge in [0, 0.05) is 6.07 Å². The first-order chi connectivity index (χ1) is 10.5. The molecule has 1 amide bonds. The van der Waals surface area contributed by atoms with E-state index in [1.165, 1.54) is 13.0 Å². The molecule has 7 nitrogen and oxygen atoms in total. The maximum Gasteiger partial charge on any atom is 0.408 e. The van der Waals surface area contributed by atoms with Gasteiger partial charge in [-0.15, -0.1) is 0 Å². The zero-order valence-electron chi connectivity index (χ0n) is 13.4. The fourth-order valence-corrected chi connectivity index (χ4v) is 1.58. The standard InChI is InChI=1S/C15H21FN2O5/c1-8(19)12(18-14(21)23-15(2,3)4)13(20)22-11-7-9(16)5-6-10(11)17/h5-8,12,19H,17H2,1-4H3,(H,18,21)/t8-,12+/m0/s1. The Morgan fingerprint density at radius 3 is 2.48 bits per heavy atom. The summed E-state index contributed by atoms with van der Waals surface area (Å²) in [6.07, 6.45) is -2.16. The highest BCUT2D eigenvalue weighted by atomic mass is 19.1. The number of hydrogen-bond donors (Lipinski definition) is 3. The van der Waals surface area contributed by atoms with Crippen molar-refractivity contribution in [1.82, 2.24) is 5.32 Å². The fourth-order valence-electron chi connectivity index (χ4n) is 1.58. The van der Waals surface area contributed by atoms with Crippen LogP contribution in [0.5, 0.6) is 5.75 Å². The number of nitrogens with one attached hydrogen (secondary N) is 1. The molecule has 4 N–H and O–H groups in total. The number of benzene rings is 1. The largest absolute Gasteiger partial charge is 0.444 e. The van der Waals surface area contributed by atoms with Crippen LogP contribution in [0.1, 0.15) is 27.7 Å². The minimum Gasteiger partial charge on any atom is -0.444 e. The molecular formula is C15H21FN2O5. The van der Waals surface area contributed by atoms with E-state index in [2.05, 4.69) is 5.32 Å². The van der Waals surface area contributed by atoms with Gasteiger partial charge in [0.25, 0.3) is 0 Å². The van der Waals surface area contributed by atoms with Gasteiger partial charge in [-0.3, -0.25) is 0 Å². The van der Waals surface area contributed by atoms with E-state index < -0.39 is 35.6 Å². The third-order valence-electron chi connectivity index (χ3n) is 2.59. The molecule has 0 saturated heterocycles. The minimum absolute atomic E-state index is 0.0429. The summed E-state index contributed by atoms with van der Waals surface area (Å²) in [5.74, 6) is -1.84. The molecule has 128 valence electrons. The smallest absolute Gasteiger partial charge is 0.408 e. The van der Waals surface area contributed by atoms with Crippen molar-refractivity contribution in [1.29, 1.82) is 0 Å². The van der Waals surface area contributed by atoms with E-state index in [-0.39, 0.29) is 11.4 Å². The van der Waals surface area contributed by atoms with E-state index in [0.717, 1.165) is 12.1 Å². The summed E-state index contributed by atoms with van der Waals surface area (Å²) in [5, 5.41) is 11.9. The van der Waals surface area contributed by atoms with Gasteiger partial charge in [-0.1, -0.05) is 0 Å². The summed E-state index contributed by atoms with van der Waals surface area (Å²) in [6, 6.07) is 1.88. The van der Waals surface area contributed by atoms with Crippen molar-refractivity contribution in [2.75, 3.05) is 5.73 Å². The van der Waals surface area contributed by atoms with Gasteiger partial charge in [-0.05, 0) is 39.8 Å². The van der Waals surface area contributed by atoms with Crippen LogP contribution >= 0.6 is 0 Å². The van der Waals surface area contributed by atoms with Gasteiger partial charge < -0.3 is 25.6 Å². The fraction of sp³-hybridized carbons (Fsp3) is 0.467. The van der Waals surface area contributed by atoms with Crippen molar-refractivity contribution in [3.8, 4) is 5.75 Å². The van der Waals surface area contributed by atoms with Gasteiger partial charge in [-0.25, -0.2) is 14.0 Å². The zero-order valence-corrected chi connectivity index (χ0v) is 13.4. The average Bonchev–Trinajstić information content (AvgIpc) is 2.37. The number of nitrogen functional groups attached to an aromatic ring is 1. The lowest BCUT2D eigenvalue weighted by molar-refractivity contribution is -0.139.